The Morgan fingerprint density at radius 1 is 1.29 bits per heavy atom. The summed E-state index contributed by atoms with van der Waals surface area (Å²) in [5.74, 6) is -0.0741. The molecule has 1 atom stereocenters. The van der Waals surface area contributed by atoms with E-state index in [0.29, 0.717) is 0 Å². The molecule has 4 nitrogen and oxygen atoms in total. The molecule has 0 aromatic rings. The molecular weight excluding hydrogens is 180 g/mol. The van der Waals surface area contributed by atoms with E-state index in [1.807, 2.05) is 20.8 Å². The first kappa shape index (κ1) is 13.1. The van der Waals surface area contributed by atoms with E-state index in [0.717, 1.165) is 0 Å². The number of rotatable bonds is 4. The molecule has 0 saturated carbocycles. The van der Waals surface area contributed by atoms with Gasteiger partial charge in [-0.05, 0) is 6.92 Å². The van der Waals surface area contributed by atoms with Gasteiger partial charge in [0.05, 0.1) is 6.17 Å². The number of carbonyl (C=O) groups is 2. The molecule has 0 aromatic heterocycles. The van der Waals surface area contributed by atoms with Crippen molar-refractivity contribution in [1.29, 1.82) is 0 Å². The average Bonchev–Trinajstić information content (AvgIpc) is 1.96. The molecule has 0 aromatic carbocycles. The summed E-state index contributed by atoms with van der Waals surface area (Å²) in [6.45, 7) is 7.22. The largest absolute Gasteiger partial charge is 0.341 e. The molecule has 82 valence electrons. The third kappa shape index (κ3) is 5.70. The highest BCUT2D eigenvalue weighted by Gasteiger charge is 2.21. The van der Waals surface area contributed by atoms with Crippen LogP contribution in [-0.4, -0.2) is 17.9 Å². The summed E-state index contributed by atoms with van der Waals surface area (Å²) in [6.07, 6.45) is 0.145. The van der Waals surface area contributed by atoms with Crippen molar-refractivity contribution in [2.75, 3.05) is 0 Å². The van der Waals surface area contributed by atoms with Crippen LogP contribution in [-0.2, 0) is 9.59 Å². The normalized spacial score (nSPS) is 13.5. The highest BCUT2D eigenvalue weighted by atomic mass is 16.2. The molecule has 4 heteroatoms. The van der Waals surface area contributed by atoms with Crippen LogP contribution in [0, 0.1) is 5.41 Å². The van der Waals surface area contributed by atoms with Crippen molar-refractivity contribution in [1.82, 2.24) is 5.32 Å². The Labute approximate surface area is 85.2 Å². The van der Waals surface area contributed by atoms with Gasteiger partial charge in [-0.2, -0.15) is 0 Å². The number of hydrogen-bond acceptors (Lipinski definition) is 3. The third-order valence-electron chi connectivity index (χ3n) is 1.80. The van der Waals surface area contributed by atoms with Gasteiger partial charge >= 0.3 is 0 Å². The molecule has 14 heavy (non-hydrogen) atoms. The molecule has 0 radical (unpaired) electrons. The van der Waals surface area contributed by atoms with Gasteiger partial charge in [0, 0.05) is 18.3 Å². The molecule has 0 rings (SSSR count). The molecule has 0 aliphatic heterocycles. The van der Waals surface area contributed by atoms with Gasteiger partial charge in [-0.15, -0.1) is 0 Å². The molecule has 0 heterocycles. The third-order valence-corrected chi connectivity index (χ3v) is 1.80. The molecule has 0 saturated heterocycles. The van der Waals surface area contributed by atoms with Crippen molar-refractivity contribution in [3.63, 3.8) is 0 Å². The molecule has 1 unspecified atom stereocenters. The number of hydrogen-bond donors (Lipinski definition) is 2. The van der Waals surface area contributed by atoms with Crippen LogP contribution in [0.1, 0.15) is 40.5 Å². The van der Waals surface area contributed by atoms with E-state index in [9.17, 15) is 9.59 Å². The van der Waals surface area contributed by atoms with Crippen LogP contribution < -0.4 is 11.1 Å². The van der Waals surface area contributed by atoms with Crippen LogP contribution in [0.15, 0.2) is 0 Å². The van der Waals surface area contributed by atoms with Gasteiger partial charge in [-0.25, -0.2) is 0 Å². The van der Waals surface area contributed by atoms with E-state index in [1.165, 1.54) is 0 Å². The molecule has 0 aliphatic rings. The highest BCUT2D eigenvalue weighted by Crippen LogP contribution is 2.17. The van der Waals surface area contributed by atoms with Crippen LogP contribution in [0.2, 0.25) is 0 Å². The zero-order valence-electron chi connectivity index (χ0n) is 9.39. The summed E-state index contributed by atoms with van der Waals surface area (Å²) in [5, 5.41) is 2.54. The van der Waals surface area contributed by atoms with Gasteiger partial charge in [0.15, 0.2) is 0 Å². The second kappa shape index (κ2) is 5.10. The Bertz CT molecular complexity index is 217. The standard InChI is InChI=1S/C10H20N2O2/c1-7(11)12-9(14)6-5-8(13)10(2,3)4/h7H,5-6,11H2,1-4H3,(H,12,14). The molecule has 1 amide bonds. The fraction of sp³-hybridized carbons (Fsp3) is 0.800. The smallest absolute Gasteiger partial charge is 0.221 e. The first-order chi connectivity index (χ1) is 6.23. The maximum atomic E-state index is 11.4. The minimum absolute atomic E-state index is 0.0947. The summed E-state index contributed by atoms with van der Waals surface area (Å²) in [4.78, 5) is 22.6. The van der Waals surface area contributed by atoms with E-state index in [-0.39, 0.29) is 36.1 Å². The number of nitrogens with two attached hydrogens (primary N) is 1. The minimum Gasteiger partial charge on any atom is -0.341 e. The molecule has 0 aliphatic carbocycles. The number of Topliss-reactive ketones (excluding diaryl/α,β-unsaturated/α-hetero) is 1. The van der Waals surface area contributed by atoms with E-state index < -0.39 is 0 Å². The zero-order valence-corrected chi connectivity index (χ0v) is 9.39. The minimum atomic E-state index is -0.366. The summed E-state index contributed by atoms with van der Waals surface area (Å²) in [5.41, 5.74) is 5.00. The van der Waals surface area contributed by atoms with Gasteiger partial charge in [-0.3, -0.25) is 9.59 Å². The van der Waals surface area contributed by atoms with Crippen molar-refractivity contribution < 1.29 is 9.59 Å². The van der Waals surface area contributed by atoms with Crippen molar-refractivity contribution >= 4 is 11.7 Å². The number of carbonyl (C=O) groups excluding carboxylic acids is 2. The maximum absolute atomic E-state index is 11.4. The Balaban J connectivity index is 3.84. The Hall–Kier alpha value is -0.900. The van der Waals surface area contributed by atoms with Crippen LogP contribution in [0.5, 0.6) is 0 Å². The lowest BCUT2D eigenvalue weighted by Gasteiger charge is -2.16. The van der Waals surface area contributed by atoms with E-state index >= 15 is 0 Å². The fourth-order valence-electron chi connectivity index (χ4n) is 0.928. The lowest BCUT2D eigenvalue weighted by molar-refractivity contribution is -0.129. The predicted molar refractivity (Wildman–Crippen MR) is 55.5 cm³/mol. The zero-order chi connectivity index (χ0) is 11.4. The first-order valence-electron chi connectivity index (χ1n) is 4.81. The Morgan fingerprint density at radius 3 is 2.14 bits per heavy atom. The number of nitrogens with one attached hydrogen (secondary N) is 1. The summed E-state index contributed by atoms with van der Waals surface area (Å²) in [6, 6.07) is 0. The van der Waals surface area contributed by atoms with Crippen molar-refractivity contribution in [2.45, 2.75) is 46.7 Å². The summed E-state index contributed by atoms with van der Waals surface area (Å²) < 4.78 is 0. The topological polar surface area (TPSA) is 72.2 Å². The molecular formula is C10H20N2O2. The van der Waals surface area contributed by atoms with Gasteiger partial charge < -0.3 is 11.1 Å². The number of amides is 1. The van der Waals surface area contributed by atoms with Crippen LogP contribution >= 0.6 is 0 Å². The van der Waals surface area contributed by atoms with Gasteiger partial charge in [0.2, 0.25) is 5.91 Å². The van der Waals surface area contributed by atoms with E-state index in [2.05, 4.69) is 5.32 Å². The molecule has 0 fully saturated rings. The van der Waals surface area contributed by atoms with Crippen LogP contribution in [0.25, 0.3) is 0 Å². The number of ketones is 1. The molecule has 3 N–H and O–H groups in total. The summed E-state index contributed by atoms with van der Waals surface area (Å²) in [7, 11) is 0. The van der Waals surface area contributed by atoms with Crippen molar-refractivity contribution in [3.8, 4) is 0 Å². The molecule has 0 spiro atoms. The Kier molecular flexibility index (Phi) is 4.77. The second-order valence-electron chi connectivity index (χ2n) is 4.53. The van der Waals surface area contributed by atoms with Gasteiger partial charge in [0.1, 0.15) is 5.78 Å². The van der Waals surface area contributed by atoms with Crippen molar-refractivity contribution in [3.05, 3.63) is 0 Å². The fourth-order valence-corrected chi connectivity index (χ4v) is 0.928. The average molecular weight is 200 g/mol. The monoisotopic (exact) mass is 200 g/mol. The second-order valence-corrected chi connectivity index (χ2v) is 4.53. The van der Waals surface area contributed by atoms with Crippen LogP contribution in [0.4, 0.5) is 0 Å². The van der Waals surface area contributed by atoms with Gasteiger partial charge in [-0.1, -0.05) is 20.8 Å². The quantitative estimate of drug-likeness (QED) is 0.659. The molecule has 0 bridgehead atoms. The maximum Gasteiger partial charge on any atom is 0.221 e. The van der Waals surface area contributed by atoms with Crippen LogP contribution in [0.3, 0.4) is 0 Å². The van der Waals surface area contributed by atoms with Gasteiger partial charge in [0.25, 0.3) is 0 Å². The first-order valence-corrected chi connectivity index (χ1v) is 4.81. The highest BCUT2D eigenvalue weighted by molar-refractivity contribution is 5.88. The van der Waals surface area contributed by atoms with E-state index in [4.69, 9.17) is 5.73 Å². The SMILES string of the molecule is CC(N)NC(=O)CCC(=O)C(C)(C)C. The van der Waals surface area contributed by atoms with Crippen molar-refractivity contribution in [2.24, 2.45) is 11.1 Å². The lowest BCUT2D eigenvalue weighted by atomic mass is 9.88. The predicted octanol–water partition coefficient (Wildman–Crippen LogP) is 0.803. The lowest BCUT2D eigenvalue weighted by Crippen LogP contribution is -2.39. The Morgan fingerprint density at radius 2 is 1.79 bits per heavy atom. The van der Waals surface area contributed by atoms with E-state index in [1.54, 1.807) is 6.92 Å². The summed E-state index contributed by atoms with van der Waals surface area (Å²) >= 11 is 0.